The molecule has 2 rings (SSSR count). The highest BCUT2D eigenvalue weighted by Gasteiger charge is 2.04. The predicted molar refractivity (Wildman–Crippen MR) is 61.9 cm³/mol. The minimum absolute atomic E-state index is 0.516. The molecule has 0 saturated carbocycles. The van der Waals surface area contributed by atoms with Crippen LogP contribution in [0.5, 0.6) is 5.88 Å². The molecule has 0 saturated heterocycles. The Hall–Kier alpha value is -2.11. The number of aromatic nitrogens is 3. The van der Waals surface area contributed by atoms with Crippen molar-refractivity contribution in [3.63, 3.8) is 0 Å². The average Bonchev–Trinajstić information content (AvgIpc) is 2.72. The molecule has 0 fully saturated rings. The largest absolute Gasteiger partial charge is 0.481 e. The average molecular weight is 234 g/mol. The van der Waals surface area contributed by atoms with Gasteiger partial charge in [-0.25, -0.2) is 4.98 Å². The summed E-state index contributed by atoms with van der Waals surface area (Å²) >= 11 is 0. The molecule has 6 nitrogen and oxygen atoms in total. The number of methoxy groups -OCH3 is 1. The molecule has 2 heterocycles. The molecule has 17 heavy (non-hydrogen) atoms. The standard InChI is InChI=1S/C11H14N4O2/c1-7-4-10(16-3)14-11(13-7)12-6-9-5-8(2)17-15-9/h4-5H,6H2,1-3H3,(H,12,13,14). The topological polar surface area (TPSA) is 73.1 Å². The minimum atomic E-state index is 0.516. The van der Waals surface area contributed by atoms with Crippen molar-refractivity contribution in [2.75, 3.05) is 12.4 Å². The molecule has 0 bridgehead atoms. The second-order valence-corrected chi connectivity index (χ2v) is 3.66. The summed E-state index contributed by atoms with van der Waals surface area (Å²) < 4.78 is 10.0. The van der Waals surface area contributed by atoms with E-state index in [1.165, 1.54) is 0 Å². The van der Waals surface area contributed by atoms with Gasteiger partial charge in [-0.3, -0.25) is 0 Å². The van der Waals surface area contributed by atoms with Crippen LogP contribution in [-0.4, -0.2) is 22.2 Å². The SMILES string of the molecule is COc1cc(C)nc(NCc2cc(C)on2)n1. The molecular formula is C11H14N4O2. The van der Waals surface area contributed by atoms with Crippen LogP contribution >= 0.6 is 0 Å². The molecule has 0 aliphatic heterocycles. The Morgan fingerprint density at radius 1 is 1.29 bits per heavy atom. The second-order valence-electron chi connectivity index (χ2n) is 3.66. The van der Waals surface area contributed by atoms with Crippen molar-refractivity contribution in [2.24, 2.45) is 0 Å². The van der Waals surface area contributed by atoms with E-state index in [9.17, 15) is 0 Å². The van der Waals surface area contributed by atoms with Gasteiger partial charge in [0.05, 0.1) is 13.7 Å². The van der Waals surface area contributed by atoms with Gasteiger partial charge in [0.25, 0.3) is 0 Å². The van der Waals surface area contributed by atoms with Crippen molar-refractivity contribution in [3.05, 3.63) is 29.3 Å². The van der Waals surface area contributed by atoms with Crippen LogP contribution in [0, 0.1) is 13.8 Å². The number of hydrogen-bond donors (Lipinski definition) is 1. The lowest BCUT2D eigenvalue weighted by Crippen LogP contribution is -2.05. The number of nitrogens with one attached hydrogen (secondary N) is 1. The van der Waals surface area contributed by atoms with Gasteiger partial charge in [0.2, 0.25) is 11.8 Å². The first-order valence-electron chi connectivity index (χ1n) is 5.23. The van der Waals surface area contributed by atoms with Crippen molar-refractivity contribution in [3.8, 4) is 5.88 Å². The first kappa shape index (κ1) is 11.4. The number of hydrogen-bond acceptors (Lipinski definition) is 6. The van der Waals surface area contributed by atoms with Crippen molar-refractivity contribution in [1.82, 2.24) is 15.1 Å². The molecule has 6 heteroatoms. The van der Waals surface area contributed by atoms with E-state index in [-0.39, 0.29) is 0 Å². The third-order valence-electron chi connectivity index (χ3n) is 2.14. The maximum absolute atomic E-state index is 5.07. The number of ether oxygens (including phenoxy) is 1. The van der Waals surface area contributed by atoms with Gasteiger partial charge in [-0.05, 0) is 13.8 Å². The number of aryl methyl sites for hydroxylation is 2. The van der Waals surface area contributed by atoms with E-state index < -0.39 is 0 Å². The van der Waals surface area contributed by atoms with E-state index in [4.69, 9.17) is 9.26 Å². The van der Waals surface area contributed by atoms with Crippen LogP contribution in [0.15, 0.2) is 16.7 Å². The van der Waals surface area contributed by atoms with E-state index >= 15 is 0 Å². The first-order valence-corrected chi connectivity index (χ1v) is 5.23. The molecule has 0 radical (unpaired) electrons. The van der Waals surface area contributed by atoms with Gasteiger partial charge in [-0.2, -0.15) is 4.98 Å². The van der Waals surface area contributed by atoms with Crippen molar-refractivity contribution in [2.45, 2.75) is 20.4 Å². The molecule has 0 aliphatic carbocycles. The van der Waals surface area contributed by atoms with Gasteiger partial charge in [-0.1, -0.05) is 5.16 Å². The van der Waals surface area contributed by atoms with Crippen LogP contribution in [0.1, 0.15) is 17.1 Å². The smallest absolute Gasteiger partial charge is 0.226 e. The number of nitrogens with zero attached hydrogens (tertiary/aromatic N) is 3. The zero-order chi connectivity index (χ0) is 12.3. The lowest BCUT2D eigenvalue weighted by molar-refractivity contribution is 0.391. The summed E-state index contributed by atoms with van der Waals surface area (Å²) in [4.78, 5) is 8.41. The first-order chi connectivity index (χ1) is 8.17. The Kier molecular flexibility index (Phi) is 3.22. The Bertz CT molecular complexity index is 510. The minimum Gasteiger partial charge on any atom is -0.481 e. The summed E-state index contributed by atoms with van der Waals surface area (Å²) in [5.74, 6) is 1.84. The van der Waals surface area contributed by atoms with Gasteiger partial charge in [0.15, 0.2) is 0 Å². The van der Waals surface area contributed by atoms with Gasteiger partial charge in [0, 0.05) is 17.8 Å². The maximum Gasteiger partial charge on any atom is 0.226 e. The molecule has 0 spiro atoms. The lowest BCUT2D eigenvalue weighted by atomic mass is 10.4. The quantitative estimate of drug-likeness (QED) is 0.868. The van der Waals surface area contributed by atoms with Crippen molar-refractivity contribution >= 4 is 5.95 Å². The van der Waals surface area contributed by atoms with Crippen LogP contribution in [0.3, 0.4) is 0 Å². The van der Waals surface area contributed by atoms with E-state index in [1.54, 1.807) is 13.2 Å². The number of rotatable bonds is 4. The summed E-state index contributed by atoms with van der Waals surface area (Å²) in [7, 11) is 1.58. The highest BCUT2D eigenvalue weighted by atomic mass is 16.5. The highest BCUT2D eigenvalue weighted by molar-refractivity contribution is 5.31. The fourth-order valence-electron chi connectivity index (χ4n) is 1.39. The molecule has 90 valence electrons. The molecule has 0 amide bonds. The second kappa shape index (κ2) is 4.82. The van der Waals surface area contributed by atoms with Gasteiger partial charge >= 0.3 is 0 Å². The Balaban J connectivity index is 2.05. The number of anilines is 1. The fourth-order valence-corrected chi connectivity index (χ4v) is 1.39. The lowest BCUT2D eigenvalue weighted by Gasteiger charge is -2.05. The molecule has 0 aliphatic rings. The predicted octanol–water partition coefficient (Wildman–Crippen LogP) is 1.70. The van der Waals surface area contributed by atoms with Gasteiger partial charge in [0.1, 0.15) is 11.5 Å². The van der Waals surface area contributed by atoms with Crippen LogP contribution in [0.4, 0.5) is 5.95 Å². The molecule has 0 aromatic carbocycles. The molecule has 1 N–H and O–H groups in total. The van der Waals surface area contributed by atoms with Gasteiger partial charge < -0.3 is 14.6 Å². The van der Waals surface area contributed by atoms with E-state index in [2.05, 4.69) is 20.4 Å². The molecular weight excluding hydrogens is 220 g/mol. The summed E-state index contributed by atoms with van der Waals surface area (Å²) in [6, 6.07) is 3.63. The molecule has 2 aromatic heterocycles. The third kappa shape index (κ3) is 2.93. The molecule has 0 unspecified atom stereocenters. The van der Waals surface area contributed by atoms with Crippen LogP contribution in [0.2, 0.25) is 0 Å². The van der Waals surface area contributed by atoms with Crippen LogP contribution in [0.25, 0.3) is 0 Å². The van der Waals surface area contributed by atoms with E-state index in [0.29, 0.717) is 18.4 Å². The summed E-state index contributed by atoms with van der Waals surface area (Å²) in [6.45, 7) is 4.25. The Morgan fingerprint density at radius 2 is 2.12 bits per heavy atom. The highest BCUT2D eigenvalue weighted by Crippen LogP contribution is 2.12. The van der Waals surface area contributed by atoms with Crippen molar-refractivity contribution < 1.29 is 9.26 Å². The zero-order valence-corrected chi connectivity index (χ0v) is 10.0. The zero-order valence-electron chi connectivity index (χ0n) is 10.0. The van der Waals surface area contributed by atoms with Crippen LogP contribution in [-0.2, 0) is 6.54 Å². The normalized spacial score (nSPS) is 10.3. The summed E-state index contributed by atoms with van der Waals surface area (Å²) in [5.41, 5.74) is 1.65. The monoisotopic (exact) mass is 234 g/mol. The Morgan fingerprint density at radius 3 is 2.76 bits per heavy atom. The van der Waals surface area contributed by atoms with Crippen LogP contribution < -0.4 is 10.1 Å². The van der Waals surface area contributed by atoms with Crippen molar-refractivity contribution in [1.29, 1.82) is 0 Å². The fraction of sp³-hybridized carbons (Fsp3) is 0.364. The Labute approximate surface area is 99.0 Å². The summed E-state index contributed by atoms with van der Waals surface area (Å²) in [6.07, 6.45) is 0. The van der Waals surface area contributed by atoms with Gasteiger partial charge in [-0.15, -0.1) is 0 Å². The summed E-state index contributed by atoms with van der Waals surface area (Å²) in [5, 5.41) is 6.94. The van der Waals surface area contributed by atoms with E-state index in [1.807, 2.05) is 19.9 Å². The van der Waals surface area contributed by atoms with E-state index in [0.717, 1.165) is 17.1 Å². The third-order valence-corrected chi connectivity index (χ3v) is 2.14. The molecule has 2 aromatic rings. The molecule has 0 atom stereocenters. The maximum atomic E-state index is 5.07.